The van der Waals surface area contributed by atoms with E-state index in [4.69, 9.17) is 0 Å². The van der Waals surface area contributed by atoms with Crippen molar-refractivity contribution in [2.75, 3.05) is 12.3 Å². The molecule has 0 aliphatic heterocycles. The molecule has 0 rings (SSSR count). The van der Waals surface area contributed by atoms with Crippen LogP contribution in [0.15, 0.2) is 0 Å². The van der Waals surface area contributed by atoms with Gasteiger partial charge in [0.15, 0.2) is 15.2 Å². The van der Waals surface area contributed by atoms with E-state index in [2.05, 4.69) is 7.94 Å². The first kappa shape index (κ1) is 25.4. The van der Waals surface area contributed by atoms with Crippen molar-refractivity contribution in [2.24, 2.45) is 0 Å². The van der Waals surface area contributed by atoms with Crippen molar-refractivity contribution in [3.63, 3.8) is 0 Å². The summed E-state index contributed by atoms with van der Waals surface area (Å²) in [7, 11) is -8.58. The van der Waals surface area contributed by atoms with E-state index in [-0.39, 0.29) is 84.3 Å². The molecular weight excluding hydrogens is 324 g/mol. The van der Waals surface area contributed by atoms with Gasteiger partial charge >= 0.3 is 70.5 Å². The monoisotopic (exact) mass is 338 g/mol. The van der Waals surface area contributed by atoms with E-state index in [9.17, 15) is 23.1 Å². The second-order valence-corrected chi connectivity index (χ2v) is 7.96. The number of hydrogen-bond acceptors (Lipinski definition) is 7. The maximum absolute atomic E-state index is 11.0. The van der Waals surface area contributed by atoms with Crippen molar-refractivity contribution in [3.05, 3.63) is 0 Å². The Labute approximate surface area is 154 Å². The van der Waals surface area contributed by atoms with Gasteiger partial charge in [-0.1, -0.05) is 13.8 Å². The third-order valence-corrected chi connectivity index (χ3v) is 6.12. The van der Waals surface area contributed by atoms with E-state index in [0.717, 1.165) is 0 Å². The minimum absolute atomic E-state index is 0. The van der Waals surface area contributed by atoms with E-state index in [1.54, 1.807) is 13.8 Å². The molecule has 12 heteroatoms. The Hall–Kier alpha value is 2.45. The summed E-state index contributed by atoms with van der Waals surface area (Å²) in [5, 5.41) is 0. The predicted octanol–water partition coefficient (Wildman–Crippen LogP) is -5.47. The van der Waals surface area contributed by atoms with Crippen molar-refractivity contribution >= 4 is 26.6 Å². The maximum atomic E-state index is 11.0. The van der Waals surface area contributed by atoms with Crippen LogP contribution in [0.1, 0.15) is 26.7 Å². The van der Waals surface area contributed by atoms with E-state index in [1.165, 1.54) is 0 Å². The molecule has 0 aromatic carbocycles. The Morgan fingerprint density at radius 2 is 1.22 bits per heavy atom. The maximum Gasteiger partial charge on any atom is 1.00 e. The molecule has 2 unspecified atom stereocenters. The molecule has 2 atom stereocenters. The third-order valence-electron chi connectivity index (χ3n) is 1.34. The molecule has 0 amide bonds. The smallest absolute Gasteiger partial charge is 0.778 e. The van der Waals surface area contributed by atoms with Crippen molar-refractivity contribution in [3.8, 4) is 0 Å². The molecule has 0 saturated heterocycles. The summed E-state index contributed by atoms with van der Waals surface area (Å²) in [4.78, 5) is 22.1. The summed E-state index contributed by atoms with van der Waals surface area (Å²) in [5.41, 5.74) is 0. The van der Waals surface area contributed by atoms with E-state index < -0.39 is 26.6 Å². The van der Waals surface area contributed by atoms with Crippen LogP contribution in [-0.2, 0) is 28.4 Å². The van der Waals surface area contributed by atoms with E-state index >= 15 is 0 Å². The number of hydrogen-bond donors (Lipinski definition) is 0. The van der Waals surface area contributed by atoms with Gasteiger partial charge in [-0.15, -0.1) is 0 Å². The molecule has 0 heterocycles. The van der Waals surface area contributed by atoms with E-state index in [0.29, 0.717) is 0 Å². The Bertz CT molecular complexity index is 310. The Morgan fingerprint density at radius 3 is 1.44 bits per heavy atom. The van der Waals surface area contributed by atoms with Gasteiger partial charge in [-0.2, -0.15) is 4.21 Å². The van der Waals surface area contributed by atoms with Crippen molar-refractivity contribution < 1.29 is 90.2 Å². The molecule has 0 aromatic rings. The molecule has 0 radical (unpaired) electrons. The van der Waals surface area contributed by atoms with Crippen LogP contribution in [-0.4, -0.2) is 16.5 Å². The zero-order valence-electron chi connectivity index (χ0n) is 11.0. The SMILES string of the molecule is CCCP(=O)([O-])OS(=O)OP(=O)([O-])CCC.[Na+].[Na+]. The Kier molecular flexibility index (Phi) is 17.0. The largest absolute Gasteiger partial charge is 1.00 e. The molecule has 98 valence electrons. The molecule has 0 aliphatic carbocycles. The molecule has 0 fully saturated rings. The summed E-state index contributed by atoms with van der Waals surface area (Å²) in [6.45, 7) is 3.18. The van der Waals surface area contributed by atoms with Crippen LogP contribution in [0.25, 0.3) is 0 Å². The first-order valence-corrected chi connectivity index (χ1v) is 9.10. The Morgan fingerprint density at radius 1 is 0.944 bits per heavy atom. The summed E-state index contributed by atoms with van der Waals surface area (Å²) in [6, 6.07) is 0. The van der Waals surface area contributed by atoms with Gasteiger partial charge in [0.2, 0.25) is 0 Å². The molecule has 0 spiro atoms. The molecule has 0 saturated carbocycles. The fraction of sp³-hybridized carbons (Fsp3) is 1.00. The minimum atomic E-state index is -4.29. The Balaban J connectivity index is -0.00000112. The fourth-order valence-electron chi connectivity index (χ4n) is 0.821. The molecular formula is C6H14Na2O7P2S. The molecule has 0 bridgehead atoms. The van der Waals surface area contributed by atoms with E-state index in [1.807, 2.05) is 0 Å². The van der Waals surface area contributed by atoms with Gasteiger partial charge in [0.1, 0.15) is 0 Å². The summed E-state index contributed by atoms with van der Waals surface area (Å²) < 4.78 is 41.1. The van der Waals surface area contributed by atoms with Gasteiger partial charge in [0, 0.05) is 12.3 Å². The number of rotatable bonds is 8. The zero-order valence-corrected chi connectivity index (χ0v) is 17.6. The van der Waals surface area contributed by atoms with Crippen LogP contribution in [0, 0.1) is 0 Å². The van der Waals surface area contributed by atoms with Crippen LogP contribution >= 0.6 is 15.2 Å². The molecule has 0 N–H and O–H groups in total. The van der Waals surface area contributed by atoms with Gasteiger partial charge in [0.25, 0.3) is 0 Å². The van der Waals surface area contributed by atoms with Gasteiger partial charge in [0.05, 0.1) is 0 Å². The van der Waals surface area contributed by atoms with Crippen LogP contribution in [0.5, 0.6) is 0 Å². The van der Waals surface area contributed by atoms with Gasteiger partial charge in [-0.05, 0) is 12.8 Å². The quantitative estimate of drug-likeness (QED) is 0.320. The first-order chi connectivity index (χ1) is 7.22. The van der Waals surface area contributed by atoms with Crippen LogP contribution in [0.4, 0.5) is 0 Å². The zero-order chi connectivity index (χ0) is 12.8. The van der Waals surface area contributed by atoms with Crippen LogP contribution < -0.4 is 68.9 Å². The summed E-state index contributed by atoms with van der Waals surface area (Å²) in [6.07, 6.45) is -0.0813. The average Bonchev–Trinajstić information content (AvgIpc) is 1.99. The average molecular weight is 338 g/mol. The predicted molar refractivity (Wildman–Crippen MR) is 55.8 cm³/mol. The third kappa shape index (κ3) is 13.4. The molecule has 18 heavy (non-hydrogen) atoms. The topological polar surface area (TPSA) is 116 Å². The molecule has 0 aromatic heterocycles. The second-order valence-electron chi connectivity index (χ2n) is 3.02. The molecule has 0 aliphatic rings. The normalized spacial score (nSPS) is 18.7. The fourth-order valence-corrected chi connectivity index (χ4v) is 4.35. The van der Waals surface area contributed by atoms with Crippen molar-refractivity contribution in [1.29, 1.82) is 0 Å². The van der Waals surface area contributed by atoms with Crippen LogP contribution in [0.2, 0.25) is 0 Å². The second kappa shape index (κ2) is 12.0. The summed E-state index contributed by atoms with van der Waals surface area (Å²) in [5.74, 6) is 0. The standard InChI is InChI=1S/C6H16O7P2S.2Na/c1-3-5-14(7,8)12-16(11)13-15(9,10)6-4-2;;/h3-6H2,1-2H3,(H,7,8)(H,9,10);;/q;2*+1/p-2. The van der Waals surface area contributed by atoms with Crippen molar-refractivity contribution in [1.82, 2.24) is 0 Å². The first-order valence-electron chi connectivity index (χ1n) is 4.64. The van der Waals surface area contributed by atoms with Crippen LogP contribution in [0.3, 0.4) is 0 Å². The van der Waals surface area contributed by atoms with Crippen molar-refractivity contribution in [2.45, 2.75) is 26.7 Å². The van der Waals surface area contributed by atoms with Gasteiger partial charge in [-0.3, -0.25) is 0 Å². The minimum Gasteiger partial charge on any atom is -0.778 e. The van der Waals surface area contributed by atoms with Gasteiger partial charge < -0.3 is 18.9 Å². The van der Waals surface area contributed by atoms with Gasteiger partial charge in [-0.25, -0.2) is 7.94 Å². The summed E-state index contributed by atoms with van der Waals surface area (Å²) >= 11 is -2.81. The molecule has 7 nitrogen and oxygen atoms in total.